The van der Waals surface area contributed by atoms with Crippen molar-refractivity contribution in [1.82, 2.24) is 14.8 Å². The number of H-pyrrole nitrogens is 1. The van der Waals surface area contributed by atoms with Gasteiger partial charge in [0.15, 0.2) is 0 Å². The molecule has 0 unspecified atom stereocenters. The van der Waals surface area contributed by atoms with E-state index in [-0.39, 0.29) is 6.54 Å². The summed E-state index contributed by atoms with van der Waals surface area (Å²) in [5.74, 6) is -0.427. The zero-order chi connectivity index (χ0) is 14.8. The van der Waals surface area contributed by atoms with Gasteiger partial charge in [0.2, 0.25) is 5.91 Å². The first-order valence-corrected chi connectivity index (χ1v) is 6.81. The van der Waals surface area contributed by atoms with Crippen LogP contribution in [0.25, 0.3) is 10.9 Å². The fourth-order valence-corrected chi connectivity index (χ4v) is 2.46. The van der Waals surface area contributed by atoms with Crippen LogP contribution in [0.4, 0.5) is 5.69 Å². The van der Waals surface area contributed by atoms with Crippen molar-refractivity contribution in [3.63, 3.8) is 0 Å². The summed E-state index contributed by atoms with van der Waals surface area (Å²) < 4.78 is 1.48. The molecule has 21 heavy (non-hydrogen) atoms. The molecular formula is C14H14ClN5O. The number of primary amides is 1. The van der Waals surface area contributed by atoms with E-state index in [1.165, 1.54) is 4.68 Å². The number of aromatic amines is 1. The van der Waals surface area contributed by atoms with Crippen molar-refractivity contribution in [3.05, 3.63) is 47.4 Å². The van der Waals surface area contributed by atoms with Crippen LogP contribution in [0, 0.1) is 0 Å². The molecule has 0 aliphatic carbocycles. The first-order valence-electron chi connectivity index (χ1n) is 6.43. The van der Waals surface area contributed by atoms with Gasteiger partial charge in [0, 0.05) is 17.1 Å². The molecule has 0 atom stereocenters. The van der Waals surface area contributed by atoms with E-state index >= 15 is 0 Å². The molecule has 2 heterocycles. The predicted octanol–water partition coefficient (Wildman–Crippen LogP) is 2.12. The third-order valence-corrected chi connectivity index (χ3v) is 3.57. The number of anilines is 1. The number of halogens is 1. The number of carbonyl (C=O) groups is 1. The minimum atomic E-state index is -0.427. The third-order valence-electron chi connectivity index (χ3n) is 3.13. The second-order valence-corrected chi connectivity index (χ2v) is 5.09. The highest BCUT2D eigenvalue weighted by molar-refractivity contribution is 6.36. The van der Waals surface area contributed by atoms with E-state index < -0.39 is 5.91 Å². The fraction of sp³-hybridized carbons (Fsp3) is 0.143. The first-order chi connectivity index (χ1) is 10.1. The summed E-state index contributed by atoms with van der Waals surface area (Å²) in [4.78, 5) is 14.1. The lowest BCUT2D eigenvalue weighted by atomic mass is 10.2. The van der Waals surface area contributed by atoms with Gasteiger partial charge in [-0.25, -0.2) is 0 Å². The number of benzene rings is 1. The Morgan fingerprint density at radius 2 is 2.24 bits per heavy atom. The van der Waals surface area contributed by atoms with Crippen molar-refractivity contribution in [2.75, 3.05) is 5.32 Å². The predicted molar refractivity (Wildman–Crippen MR) is 82.1 cm³/mol. The van der Waals surface area contributed by atoms with Crippen LogP contribution in [-0.2, 0) is 17.9 Å². The van der Waals surface area contributed by atoms with Crippen molar-refractivity contribution >= 4 is 34.1 Å². The van der Waals surface area contributed by atoms with Crippen molar-refractivity contribution in [2.45, 2.75) is 13.1 Å². The highest BCUT2D eigenvalue weighted by atomic mass is 35.5. The Morgan fingerprint density at radius 1 is 1.43 bits per heavy atom. The SMILES string of the molecule is NC(=O)Cn1cc(NCc2[nH]c3ccccc3c2Cl)cn1. The van der Waals surface area contributed by atoms with Crippen LogP contribution in [0.2, 0.25) is 5.02 Å². The molecule has 3 aromatic rings. The highest BCUT2D eigenvalue weighted by Gasteiger charge is 2.09. The minimum Gasteiger partial charge on any atom is -0.377 e. The number of para-hydroxylation sites is 1. The smallest absolute Gasteiger partial charge is 0.239 e. The summed E-state index contributed by atoms with van der Waals surface area (Å²) in [5, 5.41) is 8.96. The van der Waals surface area contributed by atoms with E-state index in [1.807, 2.05) is 24.3 Å². The second kappa shape index (κ2) is 5.49. The zero-order valence-corrected chi connectivity index (χ0v) is 11.9. The molecule has 0 aliphatic heterocycles. The lowest BCUT2D eigenvalue weighted by molar-refractivity contribution is -0.118. The first kappa shape index (κ1) is 13.5. The second-order valence-electron chi connectivity index (χ2n) is 4.71. The van der Waals surface area contributed by atoms with Gasteiger partial charge in [0.1, 0.15) is 6.54 Å². The number of hydrogen-bond acceptors (Lipinski definition) is 3. The summed E-state index contributed by atoms with van der Waals surface area (Å²) in [6.07, 6.45) is 3.36. The molecular weight excluding hydrogens is 290 g/mol. The number of rotatable bonds is 5. The minimum absolute atomic E-state index is 0.0643. The van der Waals surface area contributed by atoms with Crippen molar-refractivity contribution in [3.8, 4) is 0 Å². The van der Waals surface area contributed by atoms with Crippen LogP contribution < -0.4 is 11.1 Å². The van der Waals surface area contributed by atoms with Crippen LogP contribution in [0.1, 0.15) is 5.69 Å². The van der Waals surface area contributed by atoms with E-state index in [1.54, 1.807) is 12.4 Å². The van der Waals surface area contributed by atoms with Crippen molar-refractivity contribution in [1.29, 1.82) is 0 Å². The van der Waals surface area contributed by atoms with Crippen LogP contribution in [0.3, 0.4) is 0 Å². The molecule has 0 saturated heterocycles. The van der Waals surface area contributed by atoms with Gasteiger partial charge >= 0.3 is 0 Å². The van der Waals surface area contributed by atoms with E-state index in [0.29, 0.717) is 11.6 Å². The molecule has 0 radical (unpaired) electrons. The van der Waals surface area contributed by atoms with Gasteiger partial charge in [0.25, 0.3) is 0 Å². The van der Waals surface area contributed by atoms with Gasteiger partial charge in [-0.3, -0.25) is 9.48 Å². The molecule has 0 saturated carbocycles. The number of aromatic nitrogens is 3. The summed E-state index contributed by atoms with van der Waals surface area (Å²) in [6, 6.07) is 7.87. The van der Waals surface area contributed by atoms with Gasteiger partial charge in [-0.05, 0) is 6.07 Å². The van der Waals surface area contributed by atoms with Gasteiger partial charge in [-0.1, -0.05) is 29.8 Å². The van der Waals surface area contributed by atoms with Crippen LogP contribution in [0.15, 0.2) is 36.7 Å². The van der Waals surface area contributed by atoms with Gasteiger partial charge in [0.05, 0.1) is 29.1 Å². The monoisotopic (exact) mass is 303 g/mol. The lowest BCUT2D eigenvalue weighted by Crippen LogP contribution is -2.18. The molecule has 0 fully saturated rings. The molecule has 108 valence electrons. The van der Waals surface area contributed by atoms with E-state index in [2.05, 4.69) is 15.4 Å². The average Bonchev–Trinajstić information content (AvgIpc) is 3.02. The lowest BCUT2D eigenvalue weighted by Gasteiger charge is -2.02. The third kappa shape index (κ3) is 2.85. The molecule has 2 aromatic heterocycles. The molecule has 7 heteroatoms. The quantitative estimate of drug-likeness (QED) is 0.674. The van der Waals surface area contributed by atoms with Crippen molar-refractivity contribution in [2.24, 2.45) is 5.73 Å². The summed E-state index contributed by atoms with van der Waals surface area (Å²) in [5.41, 5.74) is 7.82. The molecule has 0 aliphatic rings. The number of hydrogen-bond donors (Lipinski definition) is 3. The van der Waals surface area contributed by atoms with Gasteiger partial charge in [-0.2, -0.15) is 5.10 Å². The fourth-order valence-electron chi connectivity index (χ4n) is 2.18. The Bertz CT molecular complexity index is 792. The molecule has 1 amide bonds. The molecule has 0 spiro atoms. The summed E-state index contributed by atoms with van der Waals surface area (Å²) >= 11 is 6.34. The Labute approximate surface area is 125 Å². The molecule has 4 N–H and O–H groups in total. The number of fused-ring (bicyclic) bond motifs is 1. The van der Waals surface area contributed by atoms with Gasteiger partial charge < -0.3 is 16.0 Å². The highest BCUT2D eigenvalue weighted by Crippen LogP contribution is 2.27. The van der Waals surface area contributed by atoms with Gasteiger partial charge in [-0.15, -0.1) is 0 Å². The number of nitrogens with zero attached hydrogens (tertiary/aromatic N) is 2. The zero-order valence-electron chi connectivity index (χ0n) is 11.1. The largest absolute Gasteiger partial charge is 0.377 e. The van der Waals surface area contributed by atoms with Crippen molar-refractivity contribution < 1.29 is 4.79 Å². The maximum absolute atomic E-state index is 10.8. The molecule has 3 rings (SSSR count). The van der Waals surface area contributed by atoms with E-state index in [9.17, 15) is 4.79 Å². The number of carbonyl (C=O) groups excluding carboxylic acids is 1. The van der Waals surface area contributed by atoms with E-state index in [4.69, 9.17) is 17.3 Å². The van der Waals surface area contributed by atoms with E-state index in [0.717, 1.165) is 22.3 Å². The molecule has 1 aromatic carbocycles. The number of nitrogens with one attached hydrogen (secondary N) is 2. The number of nitrogens with two attached hydrogens (primary N) is 1. The Balaban J connectivity index is 1.73. The average molecular weight is 304 g/mol. The normalized spacial score (nSPS) is 10.9. The molecule has 0 bridgehead atoms. The Hall–Kier alpha value is -2.47. The standard InChI is InChI=1S/C14H14ClN5O/c15-14-10-3-1-2-4-11(10)19-12(14)6-17-9-5-18-20(7-9)8-13(16)21/h1-5,7,17,19H,6,8H2,(H2,16,21). The maximum Gasteiger partial charge on any atom is 0.239 e. The maximum atomic E-state index is 10.8. The van der Waals surface area contributed by atoms with Crippen LogP contribution >= 0.6 is 11.6 Å². The summed E-state index contributed by atoms with van der Waals surface area (Å²) in [7, 11) is 0. The summed E-state index contributed by atoms with van der Waals surface area (Å²) in [6.45, 7) is 0.602. The Kier molecular flexibility index (Phi) is 3.53. The Morgan fingerprint density at radius 3 is 3.00 bits per heavy atom. The van der Waals surface area contributed by atoms with Crippen LogP contribution in [-0.4, -0.2) is 20.7 Å². The topological polar surface area (TPSA) is 88.7 Å². The van der Waals surface area contributed by atoms with Crippen LogP contribution in [0.5, 0.6) is 0 Å². The molecule has 6 nitrogen and oxygen atoms in total. The number of amides is 1.